The second-order valence-electron chi connectivity index (χ2n) is 7.64. The van der Waals surface area contributed by atoms with Gasteiger partial charge in [-0.15, -0.1) is 10.2 Å². The quantitative estimate of drug-likeness (QED) is 0.245. The Kier molecular flexibility index (Phi) is 8.51. The van der Waals surface area contributed by atoms with E-state index in [2.05, 4.69) is 19.7 Å². The molecule has 4 rings (SSSR count). The zero-order chi connectivity index (χ0) is 23.8. The molecule has 10 heteroatoms. The molecule has 1 aliphatic rings. The van der Waals surface area contributed by atoms with E-state index >= 15 is 0 Å². The van der Waals surface area contributed by atoms with Gasteiger partial charge in [0.25, 0.3) is 0 Å². The van der Waals surface area contributed by atoms with E-state index < -0.39 is 5.97 Å². The molecular weight excluding hydrogens is 459 g/mol. The summed E-state index contributed by atoms with van der Waals surface area (Å²) in [5, 5.41) is 9.56. The van der Waals surface area contributed by atoms with Crippen molar-refractivity contribution in [1.82, 2.24) is 19.7 Å². The fraction of sp³-hybridized carbons (Fsp3) is 0.375. The van der Waals surface area contributed by atoms with E-state index in [1.165, 1.54) is 19.2 Å². The Balaban J connectivity index is 1.41. The number of carbonyl (C=O) groups excluding carboxylic acids is 1. The van der Waals surface area contributed by atoms with E-state index in [0.717, 1.165) is 43.6 Å². The van der Waals surface area contributed by atoms with Crippen LogP contribution in [-0.4, -0.2) is 78.0 Å². The molecule has 0 N–H and O–H groups in total. The number of methoxy groups -OCH3 is 1. The molecule has 1 fully saturated rings. The number of thioether (sulfide) groups is 1. The molecule has 0 spiro atoms. The lowest BCUT2D eigenvalue weighted by molar-refractivity contribution is 0.0361. The van der Waals surface area contributed by atoms with E-state index in [9.17, 15) is 9.18 Å². The van der Waals surface area contributed by atoms with Crippen LogP contribution in [0.5, 0.6) is 5.75 Å². The van der Waals surface area contributed by atoms with Crippen LogP contribution < -0.4 is 4.74 Å². The van der Waals surface area contributed by atoms with Gasteiger partial charge in [0.15, 0.2) is 11.0 Å². The third-order valence-corrected chi connectivity index (χ3v) is 6.33. The first kappa shape index (κ1) is 24.2. The van der Waals surface area contributed by atoms with Gasteiger partial charge in [-0.1, -0.05) is 17.8 Å². The number of nitrogens with zero attached hydrogens (tertiary/aromatic N) is 4. The number of hydrogen-bond acceptors (Lipinski definition) is 8. The van der Waals surface area contributed by atoms with Crippen molar-refractivity contribution in [2.45, 2.75) is 11.7 Å². The number of carbonyl (C=O) groups is 1. The standard InChI is InChI=1S/C24H27FN4O4S/c1-31-23(30)19-3-2-4-21(17-19)33-15-16-34-24-27-26-22(18-5-7-20(25)8-6-18)29(24)10-9-28-11-13-32-14-12-28/h2-8,17H,9-16H2,1H3. The molecule has 2 heterocycles. The van der Waals surface area contributed by atoms with Gasteiger partial charge in [-0.25, -0.2) is 9.18 Å². The fourth-order valence-electron chi connectivity index (χ4n) is 3.60. The smallest absolute Gasteiger partial charge is 0.337 e. The monoisotopic (exact) mass is 486 g/mol. The van der Waals surface area contributed by atoms with Gasteiger partial charge < -0.3 is 18.8 Å². The molecule has 8 nitrogen and oxygen atoms in total. The third kappa shape index (κ3) is 6.34. The van der Waals surface area contributed by atoms with Crippen molar-refractivity contribution in [2.75, 3.05) is 52.3 Å². The van der Waals surface area contributed by atoms with Crippen LogP contribution in [0, 0.1) is 5.82 Å². The van der Waals surface area contributed by atoms with Crippen LogP contribution in [-0.2, 0) is 16.0 Å². The van der Waals surface area contributed by atoms with E-state index in [1.807, 2.05) is 0 Å². The van der Waals surface area contributed by atoms with E-state index in [-0.39, 0.29) is 5.82 Å². The van der Waals surface area contributed by atoms with Gasteiger partial charge in [0.1, 0.15) is 11.6 Å². The van der Waals surface area contributed by atoms with Crippen molar-refractivity contribution in [3.63, 3.8) is 0 Å². The molecule has 1 aliphatic heterocycles. The molecule has 0 aliphatic carbocycles. The molecule has 2 aromatic carbocycles. The summed E-state index contributed by atoms with van der Waals surface area (Å²) < 4.78 is 31.5. The Hall–Kier alpha value is -2.95. The predicted octanol–water partition coefficient (Wildman–Crippen LogP) is 3.37. The molecule has 180 valence electrons. The number of aromatic nitrogens is 3. The molecule has 0 amide bonds. The lowest BCUT2D eigenvalue weighted by atomic mass is 10.2. The lowest BCUT2D eigenvalue weighted by Crippen LogP contribution is -2.38. The Morgan fingerprint density at radius 1 is 1.12 bits per heavy atom. The molecule has 1 aromatic heterocycles. The summed E-state index contributed by atoms with van der Waals surface area (Å²) in [6.07, 6.45) is 0. The second-order valence-corrected chi connectivity index (χ2v) is 8.70. The van der Waals surface area contributed by atoms with Crippen molar-refractivity contribution in [3.8, 4) is 17.1 Å². The summed E-state index contributed by atoms with van der Waals surface area (Å²) in [7, 11) is 1.35. The summed E-state index contributed by atoms with van der Waals surface area (Å²) in [4.78, 5) is 14.1. The Morgan fingerprint density at radius 2 is 1.91 bits per heavy atom. The zero-order valence-corrected chi connectivity index (χ0v) is 19.8. The van der Waals surface area contributed by atoms with Crippen LogP contribution in [0.3, 0.4) is 0 Å². The van der Waals surface area contributed by atoms with Crippen molar-refractivity contribution in [1.29, 1.82) is 0 Å². The molecule has 0 radical (unpaired) electrons. The second kappa shape index (κ2) is 12.0. The largest absolute Gasteiger partial charge is 0.493 e. The highest BCUT2D eigenvalue weighted by Crippen LogP contribution is 2.25. The van der Waals surface area contributed by atoms with Crippen LogP contribution in [0.2, 0.25) is 0 Å². The normalized spacial score (nSPS) is 14.2. The van der Waals surface area contributed by atoms with Crippen LogP contribution >= 0.6 is 11.8 Å². The molecule has 0 atom stereocenters. The summed E-state index contributed by atoms with van der Waals surface area (Å²) in [5.74, 6) is 1.26. The number of esters is 1. The van der Waals surface area contributed by atoms with E-state index in [4.69, 9.17) is 14.2 Å². The maximum atomic E-state index is 13.4. The Labute approximate surface area is 202 Å². The lowest BCUT2D eigenvalue weighted by Gasteiger charge is -2.27. The molecule has 0 unspecified atom stereocenters. The SMILES string of the molecule is COC(=O)c1cccc(OCCSc2nnc(-c3ccc(F)cc3)n2CCN2CCOCC2)c1. The summed E-state index contributed by atoms with van der Waals surface area (Å²) >= 11 is 1.54. The number of hydrogen-bond donors (Lipinski definition) is 0. The van der Waals surface area contributed by atoms with Crippen LogP contribution in [0.15, 0.2) is 53.7 Å². The highest BCUT2D eigenvalue weighted by molar-refractivity contribution is 7.99. The molecule has 34 heavy (non-hydrogen) atoms. The first-order valence-electron chi connectivity index (χ1n) is 11.1. The number of ether oxygens (including phenoxy) is 3. The van der Waals surface area contributed by atoms with Crippen LogP contribution in [0.4, 0.5) is 4.39 Å². The van der Waals surface area contributed by atoms with Gasteiger partial charge >= 0.3 is 5.97 Å². The van der Waals surface area contributed by atoms with Crippen molar-refractivity contribution in [3.05, 3.63) is 59.9 Å². The van der Waals surface area contributed by atoms with Gasteiger partial charge in [0.2, 0.25) is 0 Å². The van der Waals surface area contributed by atoms with Crippen molar-refractivity contribution < 1.29 is 23.4 Å². The first-order valence-corrected chi connectivity index (χ1v) is 12.1. The topological polar surface area (TPSA) is 78.7 Å². The minimum Gasteiger partial charge on any atom is -0.493 e. The van der Waals surface area contributed by atoms with Gasteiger partial charge in [0.05, 0.1) is 32.5 Å². The summed E-state index contributed by atoms with van der Waals surface area (Å²) in [6, 6.07) is 13.2. The molecule has 3 aromatic rings. The maximum Gasteiger partial charge on any atom is 0.337 e. The Morgan fingerprint density at radius 3 is 2.68 bits per heavy atom. The fourth-order valence-corrected chi connectivity index (χ4v) is 4.38. The van der Waals surface area contributed by atoms with Gasteiger partial charge in [-0.2, -0.15) is 0 Å². The molecule has 1 saturated heterocycles. The maximum absolute atomic E-state index is 13.4. The molecular formula is C24H27FN4O4S. The summed E-state index contributed by atoms with van der Waals surface area (Å²) in [6.45, 7) is 5.26. The minimum atomic E-state index is -0.401. The average molecular weight is 487 g/mol. The predicted molar refractivity (Wildman–Crippen MR) is 127 cm³/mol. The van der Waals surface area contributed by atoms with Gasteiger partial charge in [0, 0.05) is 37.5 Å². The van der Waals surface area contributed by atoms with Gasteiger partial charge in [-0.3, -0.25) is 4.90 Å². The average Bonchev–Trinajstić information content (AvgIpc) is 3.28. The summed E-state index contributed by atoms with van der Waals surface area (Å²) in [5.41, 5.74) is 1.26. The van der Waals surface area contributed by atoms with Crippen LogP contribution in [0.25, 0.3) is 11.4 Å². The third-order valence-electron chi connectivity index (χ3n) is 5.40. The first-order chi connectivity index (χ1) is 16.6. The van der Waals surface area contributed by atoms with E-state index in [1.54, 1.807) is 48.2 Å². The molecule has 0 saturated carbocycles. The number of halogens is 1. The highest BCUT2D eigenvalue weighted by atomic mass is 32.2. The highest BCUT2D eigenvalue weighted by Gasteiger charge is 2.17. The van der Waals surface area contributed by atoms with Crippen molar-refractivity contribution >= 4 is 17.7 Å². The van der Waals surface area contributed by atoms with Crippen LogP contribution in [0.1, 0.15) is 10.4 Å². The van der Waals surface area contributed by atoms with E-state index in [0.29, 0.717) is 36.0 Å². The molecule has 0 bridgehead atoms. The Bertz CT molecular complexity index is 1090. The van der Waals surface area contributed by atoms with Gasteiger partial charge in [-0.05, 0) is 42.5 Å². The zero-order valence-electron chi connectivity index (χ0n) is 19.0. The minimum absolute atomic E-state index is 0.286. The number of benzene rings is 2. The number of rotatable bonds is 10. The number of morpholine rings is 1. The van der Waals surface area contributed by atoms with Crippen molar-refractivity contribution in [2.24, 2.45) is 0 Å².